The fourth-order valence-corrected chi connectivity index (χ4v) is 3.19. The Morgan fingerprint density at radius 2 is 1.21 bits per heavy atom. The summed E-state index contributed by atoms with van der Waals surface area (Å²) in [6.45, 7) is 1.84. The molecule has 0 saturated carbocycles. The molecule has 5 aromatic carbocycles. The van der Waals surface area contributed by atoms with E-state index in [4.69, 9.17) is 0 Å². The molecule has 1 atom stereocenters. The van der Waals surface area contributed by atoms with Gasteiger partial charge in [0.1, 0.15) is 0 Å². The molecule has 0 aliphatic carbocycles. The lowest BCUT2D eigenvalue weighted by atomic mass is 9.87. The van der Waals surface area contributed by atoms with Crippen molar-refractivity contribution in [2.45, 2.75) is 13.0 Å². The predicted molar refractivity (Wildman–Crippen MR) is 80.8 cm³/mol. The molecule has 0 radical (unpaired) electrons. The summed E-state index contributed by atoms with van der Waals surface area (Å²) < 4.78 is 0. The van der Waals surface area contributed by atoms with Gasteiger partial charge in [-0.3, -0.25) is 0 Å². The number of hydrogen-bond donors (Lipinski definition) is 1. The molecule has 0 aliphatic rings. The first-order chi connectivity index (χ1) is 9.27. The summed E-state index contributed by atoms with van der Waals surface area (Å²) in [5.41, 5.74) is 1.03. The molecule has 0 spiro atoms. The Bertz CT molecular complexity index is 830. The van der Waals surface area contributed by atoms with E-state index in [2.05, 4.69) is 54.6 Å². The number of aliphatic hydroxyl groups is 1. The van der Waals surface area contributed by atoms with Gasteiger partial charge in [0.15, 0.2) is 0 Å². The van der Waals surface area contributed by atoms with E-state index in [1.54, 1.807) is 0 Å². The van der Waals surface area contributed by atoms with Crippen LogP contribution in [0.1, 0.15) is 18.6 Å². The zero-order chi connectivity index (χ0) is 13.0. The van der Waals surface area contributed by atoms with Gasteiger partial charge < -0.3 is 5.11 Å². The molecule has 5 rings (SSSR count). The summed E-state index contributed by atoms with van der Waals surface area (Å²) >= 11 is 0. The van der Waals surface area contributed by atoms with Crippen molar-refractivity contribution in [3.8, 4) is 0 Å². The maximum absolute atomic E-state index is 10.0. The molecule has 1 heteroatoms. The van der Waals surface area contributed by atoms with Crippen LogP contribution in [0.2, 0.25) is 0 Å². The van der Waals surface area contributed by atoms with Gasteiger partial charge in [-0.15, -0.1) is 0 Å². The van der Waals surface area contributed by atoms with Crippen LogP contribution in [0.15, 0.2) is 54.6 Å². The third kappa shape index (κ3) is 1.33. The third-order valence-corrected chi connectivity index (χ3v) is 4.01. The van der Waals surface area contributed by atoms with Crippen LogP contribution in [0.25, 0.3) is 32.3 Å². The molecule has 0 fully saturated rings. The maximum Gasteiger partial charge on any atom is 0.0768 e. The molecule has 92 valence electrons. The molecule has 2 bridgehead atoms. The highest BCUT2D eigenvalue weighted by Crippen LogP contribution is 2.41. The van der Waals surface area contributed by atoms with Crippen molar-refractivity contribution in [2.24, 2.45) is 0 Å². The summed E-state index contributed by atoms with van der Waals surface area (Å²) in [5.74, 6) is 0. The van der Waals surface area contributed by atoms with E-state index in [9.17, 15) is 5.11 Å². The molecular formula is C18H14O. The molecule has 0 saturated heterocycles. The first kappa shape index (κ1) is 10.8. The Balaban J connectivity index is 2.39. The molecule has 1 unspecified atom stereocenters. The van der Waals surface area contributed by atoms with Crippen molar-refractivity contribution in [2.75, 3.05) is 0 Å². The summed E-state index contributed by atoms with van der Waals surface area (Å²) in [6, 6.07) is 19.0. The average Bonchev–Trinajstić information content (AvgIpc) is 2.47. The standard InChI is InChI=1S/C18H14O/c1-11(19)16-10-17-12-6-2-4-8-14(12)18(16)15-9-5-3-7-13(15)17/h2-11,19H,1H3. The largest absolute Gasteiger partial charge is 0.389 e. The van der Waals surface area contributed by atoms with Crippen molar-refractivity contribution in [3.05, 3.63) is 60.2 Å². The molecule has 1 nitrogen and oxygen atoms in total. The van der Waals surface area contributed by atoms with Crippen molar-refractivity contribution in [1.29, 1.82) is 0 Å². The molecule has 19 heavy (non-hydrogen) atoms. The van der Waals surface area contributed by atoms with E-state index in [1.807, 2.05) is 6.92 Å². The van der Waals surface area contributed by atoms with E-state index in [0.717, 1.165) is 5.56 Å². The second kappa shape index (κ2) is 3.69. The number of benzene rings is 5. The normalized spacial score (nSPS) is 13.6. The Hall–Kier alpha value is -2.12. The van der Waals surface area contributed by atoms with E-state index in [-0.39, 0.29) is 0 Å². The van der Waals surface area contributed by atoms with Gasteiger partial charge in [-0.25, -0.2) is 0 Å². The van der Waals surface area contributed by atoms with Crippen LogP contribution in [-0.4, -0.2) is 5.11 Å². The van der Waals surface area contributed by atoms with Crippen LogP contribution < -0.4 is 0 Å². The predicted octanol–water partition coefficient (Wildman–Crippen LogP) is 4.64. The second-order valence-electron chi connectivity index (χ2n) is 5.16. The van der Waals surface area contributed by atoms with Crippen LogP contribution in [0, 0.1) is 0 Å². The minimum Gasteiger partial charge on any atom is -0.389 e. The Morgan fingerprint density at radius 3 is 1.68 bits per heavy atom. The fourth-order valence-electron chi connectivity index (χ4n) is 3.19. The highest BCUT2D eigenvalue weighted by atomic mass is 16.3. The van der Waals surface area contributed by atoms with Gasteiger partial charge in [0.05, 0.1) is 6.10 Å². The van der Waals surface area contributed by atoms with Crippen molar-refractivity contribution in [1.82, 2.24) is 0 Å². The molecule has 0 aromatic heterocycles. The zero-order valence-corrected chi connectivity index (χ0v) is 10.7. The SMILES string of the molecule is CC(O)c1cc2c3ccccc3c1c1ccccc21. The van der Waals surface area contributed by atoms with E-state index < -0.39 is 6.10 Å². The summed E-state index contributed by atoms with van der Waals surface area (Å²) in [5, 5.41) is 17.5. The molecule has 1 N–H and O–H groups in total. The van der Waals surface area contributed by atoms with Gasteiger partial charge in [-0.1, -0.05) is 48.5 Å². The van der Waals surface area contributed by atoms with Crippen molar-refractivity contribution < 1.29 is 5.11 Å². The van der Waals surface area contributed by atoms with Crippen LogP contribution in [0.5, 0.6) is 0 Å². The van der Waals surface area contributed by atoms with Gasteiger partial charge in [0.2, 0.25) is 0 Å². The number of fused-ring (bicyclic) bond motifs is 1. The summed E-state index contributed by atoms with van der Waals surface area (Å²) in [6.07, 6.45) is -0.438. The first-order valence-electron chi connectivity index (χ1n) is 6.61. The Morgan fingerprint density at radius 1 is 0.737 bits per heavy atom. The lowest BCUT2D eigenvalue weighted by molar-refractivity contribution is 0.201. The second-order valence-corrected chi connectivity index (χ2v) is 5.16. The lowest BCUT2D eigenvalue weighted by Crippen LogP contribution is -1.97. The average molecular weight is 246 g/mol. The summed E-state index contributed by atoms with van der Waals surface area (Å²) in [4.78, 5) is 0. The molecular weight excluding hydrogens is 232 g/mol. The Labute approximate surface area is 111 Å². The quantitative estimate of drug-likeness (QED) is 0.485. The van der Waals surface area contributed by atoms with Crippen LogP contribution in [-0.2, 0) is 0 Å². The first-order valence-corrected chi connectivity index (χ1v) is 6.61. The van der Waals surface area contributed by atoms with Gasteiger partial charge in [-0.2, -0.15) is 0 Å². The maximum atomic E-state index is 10.0. The highest BCUT2D eigenvalue weighted by molar-refractivity contribution is 6.28. The monoisotopic (exact) mass is 246 g/mol. The van der Waals surface area contributed by atoms with Gasteiger partial charge in [0, 0.05) is 0 Å². The number of aliphatic hydroxyl groups excluding tert-OH is 1. The van der Waals surface area contributed by atoms with Gasteiger partial charge in [-0.05, 0) is 50.9 Å². The minimum atomic E-state index is -0.438. The van der Waals surface area contributed by atoms with Gasteiger partial charge in [0.25, 0.3) is 0 Å². The molecule has 0 heterocycles. The van der Waals surface area contributed by atoms with Gasteiger partial charge >= 0.3 is 0 Å². The molecule has 0 amide bonds. The van der Waals surface area contributed by atoms with Crippen molar-refractivity contribution in [3.63, 3.8) is 0 Å². The molecule has 5 aromatic rings. The Kier molecular flexibility index (Phi) is 2.09. The highest BCUT2D eigenvalue weighted by Gasteiger charge is 2.16. The van der Waals surface area contributed by atoms with E-state index in [1.165, 1.54) is 32.3 Å². The fraction of sp³-hybridized carbons (Fsp3) is 0.111. The van der Waals surface area contributed by atoms with E-state index >= 15 is 0 Å². The third-order valence-electron chi connectivity index (χ3n) is 4.01. The lowest BCUT2D eigenvalue weighted by Gasteiger charge is -2.18. The van der Waals surface area contributed by atoms with Crippen LogP contribution in [0.3, 0.4) is 0 Å². The number of rotatable bonds is 1. The number of hydrogen-bond acceptors (Lipinski definition) is 1. The van der Waals surface area contributed by atoms with Crippen molar-refractivity contribution >= 4 is 32.3 Å². The van der Waals surface area contributed by atoms with Crippen LogP contribution in [0.4, 0.5) is 0 Å². The minimum absolute atomic E-state index is 0.438. The smallest absolute Gasteiger partial charge is 0.0768 e. The topological polar surface area (TPSA) is 20.2 Å². The van der Waals surface area contributed by atoms with E-state index in [0.29, 0.717) is 0 Å². The zero-order valence-electron chi connectivity index (χ0n) is 10.7. The molecule has 0 aliphatic heterocycles. The van der Waals surface area contributed by atoms with Crippen LogP contribution >= 0.6 is 0 Å². The summed E-state index contributed by atoms with van der Waals surface area (Å²) in [7, 11) is 0.